The molecular weight excluding hydrogens is 234 g/mol. The minimum absolute atomic E-state index is 0.0732. The van der Waals surface area contributed by atoms with Crippen LogP contribution in [0.3, 0.4) is 0 Å². The van der Waals surface area contributed by atoms with Crippen LogP contribution in [-0.4, -0.2) is 35.1 Å². The zero-order valence-corrected chi connectivity index (χ0v) is 11.0. The van der Waals surface area contributed by atoms with E-state index in [2.05, 4.69) is 6.92 Å². The van der Waals surface area contributed by atoms with E-state index < -0.39 is 0 Å². The fraction of sp³-hybridized carbons (Fsp3) is 0.462. The lowest BCUT2D eigenvalue weighted by Crippen LogP contribution is -2.36. The molecule has 0 N–H and O–H groups in total. The number of carbonyl (C=O) groups excluding carboxylic acids is 1. The molecule has 1 fully saturated rings. The van der Waals surface area contributed by atoms with Crippen LogP contribution in [0.4, 0.5) is 0 Å². The Hall–Kier alpha value is -1.16. The fourth-order valence-corrected chi connectivity index (χ4v) is 2.90. The first-order valence-corrected chi connectivity index (χ1v) is 6.82. The van der Waals surface area contributed by atoms with Gasteiger partial charge in [-0.3, -0.25) is 4.79 Å². The topological polar surface area (TPSA) is 29.5 Å². The fourth-order valence-electron chi connectivity index (χ4n) is 1.85. The van der Waals surface area contributed by atoms with Crippen molar-refractivity contribution < 1.29 is 9.53 Å². The maximum absolute atomic E-state index is 11.9. The van der Waals surface area contributed by atoms with E-state index in [0.717, 1.165) is 23.6 Å². The molecule has 0 aliphatic carbocycles. The molecule has 1 amide bonds. The summed E-state index contributed by atoms with van der Waals surface area (Å²) in [4.78, 5) is 13.8. The largest absolute Gasteiger partial charge is 0.484 e. The summed E-state index contributed by atoms with van der Waals surface area (Å²) in [5.41, 5.74) is 1.14. The van der Waals surface area contributed by atoms with Gasteiger partial charge in [-0.25, -0.2) is 0 Å². The van der Waals surface area contributed by atoms with Crippen molar-refractivity contribution in [3.63, 3.8) is 0 Å². The summed E-state index contributed by atoms with van der Waals surface area (Å²) in [7, 11) is 0. The van der Waals surface area contributed by atoms with Gasteiger partial charge in [0.15, 0.2) is 6.61 Å². The van der Waals surface area contributed by atoms with E-state index in [1.165, 1.54) is 0 Å². The third-order valence-corrected chi connectivity index (χ3v) is 3.96. The molecule has 0 bridgehead atoms. The highest BCUT2D eigenvalue weighted by atomic mass is 32.2. The Kier molecular flexibility index (Phi) is 3.94. The second kappa shape index (κ2) is 5.45. The Morgan fingerprint density at radius 1 is 1.59 bits per heavy atom. The van der Waals surface area contributed by atoms with E-state index in [9.17, 15) is 4.79 Å². The molecule has 1 heterocycles. The number of benzene rings is 1. The van der Waals surface area contributed by atoms with Crippen LogP contribution in [0.25, 0.3) is 0 Å². The Labute approximate surface area is 106 Å². The molecule has 1 atom stereocenters. The van der Waals surface area contributed by atoms with E-state index in [0.29, 0.717) is 0 Å². The molecule has 1 aliphatic heterocycles. The highest BCUT2D eigenvalue weighted by Gasteiger charge is 2.25. The number of rotatable bonds is 3. The molecule has 0 aromatic heterocycles. The molecule has 0 saturated carbocycles. The zero-order chi connectivity index (χ0) is 12.3. The molecule has 1 saturated heterocycles. The Balaban J connectivity index is 1.88. The van der Waals surface area contributed by atoms with E-state index in [1.54, 1.807) is 0 Å². The third kappa shape index (κ3) is 3.16. The summed E-state index contributed by atoms with van der Waals surface area (Å²) in [5, 5.41) is 0.281. The predicted molar refractivity (Wildman–Crippen MR) is 70.3 cm³/mol. The number of hydrogen-bond acceptors (Lipinski definition) is 3. The Bertz CT molecular complexity index is 408. The Morgan fingerprint density at radius 2 is 2.41 bits per heavy atom. The molecule has 92 valence electrons. The van der Waals surface area contributed by atoms with E-state index in [1.807, 2.05) is 47.9 Å². The van der Waals surface area contributed by atoms with Gasteiger partial charge in [-0.1, -0.05) is 12.1 Å². The van der Waals surface area contributed by atoms with Crippen LogP contribution >= 0.6 is 11.8 Å². The van der Waals surface area contributed by atoms with Gasteiger partial charge in [0.25, 0.3) is 5.91 Å². The average molecular weight is 251 g/mol. The molecule has 0 spiro atoms. The smallest absolute Gasteiger partial charge is 0.261 e. The van der Waals surface area contributed by atoms with Gasteiger partial charge in [-0.05, 0) is 31.5 Å². The lowest BCUT2D eigenvalue weighted by Gasteiger charge is -2.20. The lowest BCUT2D eigenvalue weighted by atomic mass is 10.2. The van der Waals surface area contributed by atoms with E-state index >= 15 is 0 Å². The summed E-state index contributed by atoms with van der Waals surface area (Å²) < 4.78 is 5.51. The minimum Gasteiger partial charge on any atom is -0.484 e. The molecular formula is C13H17NO2S. The summed E-state index contributed by atoms with van der Waals surface area (Å²) >= 11 is 1.81. The van der Waals surface area contributed by atoms with Crippen molar-refractivity contribution >= 4 is 17.7 Å². The van der Waals surface area contributed by atoms with Crippen molar-refractivity contribution in [3.05, 3.63) is 29.8 Å². The number of amides is 1. The third-order valence-electron chi connectivity index (χ3n) is 2.80. The zero-order valence-electron chi connectivity index (χ0n) is 10.2. The average Bonchev–Trinajstić information content (AvgIpc) is 2.72. The molecule has 4 heteroatoms. The first-order chi connectivity index (χ1) is 8.16. The van der Waals surface area contributed by atoms with Gasteiger partial charge >= 0.3 is 0 Å². The predicted octanol–water partition coefficient (Wildman–Crippen LogP) is 2.30. The van der Waals surface area contributed by atoms with E-state index in [-0.39, 0.29) is 17.9 Å². The van der Waals surface area contributed by atoms with Crippen LogP contribution in [0.2, 0.25) is 0 Å². The minimum atomic E-state index is 0.0732. The van der Waals surface area contributed by atoms with Crippen LogP contribution in [0.1, 0.15) is 12.5 Å². The summed E-state index contributed by atoms with van der Waals surface area (Å²) in [6, 6.07) is 7.76. The number of aryl methyl sites for hydroxylation is 1. The van der Waals surface area contributed by atoms with Crippen LogP contribution in [0, 0.1) is 6.92 Å². The quantitative estimate of drug-likeness (QED) is 0.825. The van der Waals surface area contributed by atoms with Crippen molar-refractivity contribution in [1.29, 1.82) is 0 Å². The van der Waals surface area contributed by atoms with Crippen molar-refractivity contribution in [3.8, 4) is 5.75 Å². The number of hydrogen-bond donors (Lipinski definition) is 0. The maximum atomic E-state index is 11.9. The molecule has 17 heavy (non-hydrogen) atoms. The standard InChI is InChI=1S/C13H17NO2S/c1-10-4-3-5-12(8-10)16-9-13(15)14-6-7-17-11(14)2/h3-5,8,11H,6-7,9H2,1-2H3. The van der Waals surface area contributed by atoms with Crippen molar-refractivity contribution in [1.82, 2.24) is 4.90 Å². The molecule has 1 aromatic rings. The highest BCUT2D eigenvalue weighted by Crippen LogP contribution is 2.23. The Morgan fingerprint density at radius 3 is 3.06 bits per heavy atom. The summed E-state index contributed by atoms with van der Waals surface area (Å²) in [6.45, 7) is 5.03. The first kappa shape index (κ1) is 12.3. The molecule has 1 unspecified atom stereocenters. The summed E-state index contributed by atoms with van der Waals surface area (Å²) in [6.07, 6.45) is 0. The van der Waals surface area contributed by atoms with Crippen LogP contribution in [-0.2, 0) is 4.79 Å². The molecule has 1 aromatic carbocycles. The summed E-state index contributed by atoms with van der Waals surface area (Å²) in [5.74, 6) is 1.86. The van der Waals surface area contributed by atoms with Crippen LogP contribution in [0.5, 0.6) is 5.75 Å². The molecule has 3 nitrogen and oxygen atoms in total. The van der Waals surface area contributed by atoms with Crippen molar-refractivity contribution in [2.45, 2.75) is 19.2 Å². The van der Waals surface area contributed by atoms with Gasteiger partial charge in [0.05, 0.1) is 5.37 Å². The van der Waals surface area contributed by atoms with Crippen LogP contribution in [0.15, 0.2) is 24.3 Å². The van der Waals surface area contributed by atoms with Crippen molar-refractivity contribution in [2.75, 3.05) is 18.9 Å². The normalized spacial score (nSPS) is 19.4. The van der Waals surface area contributed by atoms with Crippen LogP contribution < -0.4 is 4.74 Å². The van der Waals surface area contributed by atoms with E-state index in [4.69, 9.17) is 4.74 Å². The van der Waals surface area contributed by atoms with Gasteiger partial charge < -0.3 is 9.64 Å². The lowest BCUT2D eigenvalue weighted by molar-refractivity contribution is -0.133. The monoisotopic (exact) mass is 251 g/mol. The second-order valence-electron chi connectivity index (χ2n) is 4.16. The number of nitrogens with zero attached hydrogens (tertiary/aromatic N) is 1. The second-order valence-corrected chi connectivity index (χ2v) is 5.59. The van der Waals surface area contributed by atoms with Gasteiger partial charge in [0, 0.05) is 12.3 Å². The molecule has 2 rings (SSSR count). The van der Waals surface area contributed by atoms with Gasteiger partial charge in [-0.15, -0.1) is 11.8 Å². The molecule has 0 radical (unpaired) electrons. The van der Waals surface area contributed by atoms with Gasteiger partial charge in [0.2, 0.25) is 0 Å². The van der Waals surface area contributed by atoms with Crippen molar-refractivity contribution in [2.24, 2.45) is 0 Å². The van der Waals surface area contributed by atoms with Gasteiger partial charge in [-0.2, -0.15) is 0 Å². The highest BCUT2D eigenvalue weighted by molar-refractivity contribution is 8.00. The number of ether oxygens (including phenoxy) is 1. The number of thioether (sulfide) groups is 1. The molecule has 1 aliphatic rings. The first-order valence-electron chi connectivity index (χ1n) is 5.77. The van der Waals surface area contributed by atoms with Gasteiger partial charge in [0.1, 0.15) is 5.75 Å². The SMILES string of the molecule is Cc1cccc(OCC(=O)N2CCSC2C)c1. The maximum Gasteiger partial charge on any atom is 0.261 e. The number of carbonyl (C=O) groups is 1.